The van der Waals surface area contributed by atoms with E-state index in [2.05, 4.69) is 20.5 Å². The third-order valence-corrected chi connectivity index (χ3v) is 5.52. The normalized spacial score (nSPS) is 16.7. The first-order chi connectivity index (χ1) is 14.1. The second-order valence-corrected chi connectivity index (χ2v) is 7.74. The number of benzene rings is 1. The van der Waals surface area contributed by atoms with E-state index in [1.807, 2.05) is 36.3 Å². The fourth-order valence-electron chi connectivity index (χ4n) is 3.89. The predicted molar refractivity (Wildman–Crippen MR) is 114 cm³/mol. The van der Waals surface area contributed by atoms with Crippen LogP contribution in [0.1, 0.15) is 41.6 Å². The van der Waals surface area contributed by atoms with Gasteiger partial charge in [-0.1, -0.05) is 18.9 Å². The van der Waals surface area contributed by atoms with Crippen LogP contribution < -0.4 is 20.4 Å². The van der Waals surface area contributed by atoms with Gasteiger partial charge in [-0.25, -0.2) is 4.98 Å². The molecule has 1 aromatic heterocycles. The van der Waals surface area contributed by atoms with E-state index in [4.69, 9.17) is 0 Å². The number of hydrogen-bond donors (Lipinski definition) is 2. The molecule has 0 aliphatic carbocycles. The van der Waals surface area contributed by atoms with Gasteiger partial charge >= 0.3 is 0 Å². The Balaban J connectivity index is 1.37. The number of carbonyl (C=O) groups is 2. The van der Waals surface area contributed by atoms with Crippen LogP contribution >= 0.6 is 0 Å². The molecule has 4 rings (SSSR count). The molecular formula is C22H27N5O2. The van der Waals surface area contributed by atoms with Crippen LogP contribution in [0.3, 0.4) is 0 Å². The lowest BCUT2D eigenvalue weighted by Crippen LogP contribution is -2.35. The first-order valence-corrected chi connectivity index (χ1v) is 10.2. The SMILES string of the molecule is CN1CC(=O)Nc2cc(C(=O)NCc3ccc(N4CCCCCC4)nc3)ccc21. The number of aromatic nitrogens is 1. The zero-order valence-electron chi connectivity index (χ0n) is 16.8. The van der Waals surface area contributed by atoms with Gasteiger partial charge in [-0.05, 0) is 42.7 Å². The fourth-order valence-corrected chi connectivity index (χ4v) is 3.89. The first-order valence-electron chi connectivity index (χ1n) is 10.2. The molecular weight excluding hydrogens is 366 g/mol. The van der Waals surface area contributed by atoms with Gasteiger partial charge in [0.05, 0.1) is 17.9 Å². The van der Waals surface area contributed by atoms with Crippen molar-refractivity contribution in [3.05, 3.63) is 47.7 Å². The summed E-state index contributed by atoms with van der Waals surface area (Å²) in [6.07, 6.45) is 6.86. The standard InChI is InChI=1S/C22H27N5O2/c1-26-15-21(28)25-18-12-17(7-8-19(18)26)22(29)24-14-16-6-9-20(23-13-16)27-10-4-2-3-5-11-27/h6-9,12-13H,2-5,10-11,14-15H2,1H3,(H,24,29)(H,25,28). The van der Waals surface area contributed by atoms with Gasteiger partial charge in [0.2, 0.25) is 5.91 Å². The molecule has 1 saturated heterocycles. The van der Waals surface area contributed by atoms with Crippen LogP contribution in [0.25, 0.3) is 0 Å². The lowest BCUT2D eigenvalue weighted by atomic mass is 10.1. The molecule has 0 unspecified atom stereocenters. The number of fused-ring (bicyclic) bond motifs is 1. The van der Waals surface area contributed by atoms with Crippen molar-refractivity contribution in [1.29, 1.82) is 0 Å². The Kier molecular flexibility index (Phi) is 5.64. The summed E-state index contributed by atoms with van der Waals surface area (Å²) in [5.74, 6) is 0.761. The van der Waals surface area contributed by atoms with E-state index in [0.717, 1.165) is 30.2 Å². The molecule has 1 aromatic carbocycles. The molecule has 0 bridgehead atoms. The second-order valence-electron chi connectivity index (χ2n) is 7.74. The molecule has 7 heteroatoms. The predicted octanol–water partition coefficient (Wildman–Crippen LogP) is 2.78. The highest BCUT2D eigenvalue weighted by molar-refractivity contribution is 6.03. The average Bonchev–Trinajstić information content (AvgIpc) is 3.01. The number of nitrogens with one attached hydrogen (secondary N) is 2. The molecule has 0 atom stereocenters. The molecule has 0 saturated carbocycles. The maximum Gasteiger partial charge on any atom is 0.251 e. The minimum Gasteiger partial charge on any atom is -0.364 e. The van der Waals surface area contributed by atoms with E-state index in [0.29, 0.717) is 24.3 Å². The van der Waals surface area contributed by atoms with Gasteiger partial charge in [-0.2, -0.15) is 0 Å². The van der Waals surface area contributed by atoms with Crippen molar-refractivity contribution >= 4 is 29.0 Å². The molecule has 2 aliphatic heterocycles. The molecule has 1 fully saturated rings. The number of carbonyl (C=O) groups excluding carboxylic acids is 2. The zero-order chi connectivity index (χ0) is 20.2. The van der Waals surface area contributed by atoms with Crippen molar-refractivity contribution in [2.45, 2.75) is 32.2 Å². The van der Waals surface area contributed by atoms with E-state index in [1.165, 1.54) is 25.7 Å². The van der Waals surface area contributed by atoms with E-state index >= 15 is 0 Å². The van der Waals surface area contributed by atoms with E-state index < -0.39 is 0 Å². The Bertz CT molecular complexity index is 889. The van der Waals surface area contributed by atoms with Gasteiger partial charge < -0.3 is 20.4 Å². The molecule has 2 N–H and O–H groups in total. The average molecular weight is 393 g/mol. The molecule has 7 nitrogen and oxygen atoms in total. The van der Waals surface area contributed by atoms with Gasteiger partial charge in [-0.3, -0.25) is 9.59 Å². The zero-order valence-corrected chi connectivity index (χ0v) is 16.8. The van der Waals surface area contributed by atoms with Crippen LogP contribution in [0.4, 0.5) is 17.2 Å². The number of anilines is 3. The summed E-state index contributed by atoms with van der Waals surface area (Å²) in [6, 6.07) is 9.43. The van der Waals surface area contributed by atoms with Crippen molar-refractivity contribution in [2.24, 2.45) is 0 Å². The smallest absolute Gasteiger partial charge is 0.251 e. The molecule has 0 spiro atoms. The van der Waals surface area contributed by atoms with Crippen LogP contribution in [-0.2, 0) is 11.3 Å². The Hall–Kier alpha value is -3.09. The Morgan fingerprint density at radius 2 is 1.93 bits per heavy atom. The quantitative estimate of drug-likeness (QED) is 0.835. The summed E-state index contributed by atoms with van der Waals surface area (Å²) in [5, 5.41) is 5.76. The lowest BCUT2D eigenvalue weighted by Gasteiger charge is -2.27. The third-order valence-electron chi connectivity index (χ3n) is 5.52. The number of pyridine rings is 1. The van der Waals surface area contributed by atoms with Gasteiger partial charge in [0.15, 0.2) is 0 Å². The number of amides is 2. The first kappa shape index (κ1) is 19.2. The van der Waals surface area contributed by atoms with Crippen molar-refractivity contribution in [2.75, 3.05) is 41.8 Å². The van der Waals surface area contributed by atoms with Gasteiger partial charge in [0.25, 0.3) is 5.91 Å². The largest absolute Gasteiger partial charge is 0.364 e. The van der Waals surface area contributed by atoms with Crippen LogP contribution in [0.2, 0.25) is 0 Å². The summed E-state index contributed by atoms with van der Waals surface area (Å²) in [6.45, 7) is 2.86. The highest BCUT2D eigenvalue weighted by atomic mass is 16.2. The second kappa shape index (κ2) is 8.51. The third kappa shape index (κ3) is 4.50. The van der Waals surface area contributed by atoms with E-state index in [1.54, 1.807) is 12.1 Å². The highest BCUT2D eigenvalue weighted by Gasteiger charge is 2.20. The minimum atomic E-state index is -0.174. The van der Waals surface area contributed by atoms with Crippen LogP contribution in [0, 0.1) is 0 Å². The topological polar surface area (TPSA) is 77.6 Å². The molecule has 0 radical (unpaired) electrons. The van der Waals surface area contributed by atoms with E-state index in [-0.39, 0.29) is 11.8 Å². The number of nitrogens with zero attached hydrogens (tertiary/aromatic N) is 3. The van der Waals surface area contributed by atoms with Gasteiger partial charge in [-0.15, -0.1) is 0 Å². The highest BCUT2D eigenvalue weighted by Crippen LogP contribution is 2.29. The van der Waals surface area contributed by atoms with Crippen LogP contribution in [-0.4, -0.2) is 43.5 Å². The summed E-state index contributed by atoms with van der Waals surface area (Å²) < 4.78 is 0. The molecule has 2 aliphatic rings. The summed E-state index contributed by atoms with van der Waals surface area (Å²) >= 11 is 0. The van der Waals surface area contributed by atoms with Crippen LogP contribution in [0.15, 0.2) is 36.5 Å². The summed E-state index contributed by atoms with van der Waals surface area (Å²) in [7, 11) is 1.86. The molecule has 29 heavy (non-hydrogen) atoms. The maximum atomic E-state index is 12.6. The van der Waals surface area contributed by atoms with Crippen molar-refractivity contribution in [1.82, 2.24) is 10.3 Å². The number of rotatable bonds is 4. The van der Waals surface area contributed by atoms with Gasteiger partial charge in [0.1, 0.15) is 5.82 Å². The van der Waals surface area contributed by atoms with Crippen LogP contribution in [0.5, 0.6) is 0 Å². The minimum absolute atomic E-state index is 0.0758. The Labute approximate surface area is 171 Å². The molecule has 2 amide bonds. The molecule has 3 heterocycles. The van der Waals surface area contributed by atoms with Crippen molar-refractivity contribution in [3.63, 3.8) is 0 Å². The monoisotopic (exact) mass is 393 g/mol. The number of likely N-dealkylation sites (N-methyl/N-ethyl adjacent to an activating group) is 1. The fraction of sp³-hybridized carbons (Fsp3) is 0.409. The summed E-state index contributed by atoms with van der Waals surface area (Å²) in [4.78, 5) is 33.1. The van der Waals surface area contributed by atoms with Crippen molar-refractivity contribution < 1.29 is 9.59 Å². The Morgan fingerprint density at radius 3 is 2.66 bits per heavy atom. The molecule has 152 valence electrons. The maximum absolute atomic E-state index is 12.6. The lowest BCUT2D eigenvalue weighted by molar-refractivity contribution is -0.115. The van der Waals surface area contributed by atoms with Crippen molar-refractivity contribution in [3.8, 4) is 0 Å². The van der Waals surface area contributed by atoms with E-state index in [9.17, 15) is 9.59 Å². The van der Waals surface area contributed by atoms with Gasteiger partial charge in [0, 0.05) is 38.4 Å². The summed E-state index contributed by atoms with van der Waals surface area (Å²) in [5.41, 5.74) is 3.06. The Morgan fingerprint density at radius 1 is 1.14 bits per heavy atom. The molecule has 2 aromatic rings. The number of hydrogen-bond acceptors (Lipinski definition) is 5.